The summed E-state index contributed by atoms with van der Waals surface area (Å²) >= 11 is 1.56. The lowest BCUT2D eigenvalue weighted by molar-refractivity contribution is -0.129. The van der Waals surface area contributed by atoms with E-state index >= 15 is 0 Å². The normalized spacial score (nSPS) is 13.7. The summed E-state index contributed by atoms with van der Waals surface area (Å²) in [6.07, 6.45) is 2.88. The van der Waals surface area contributed by atoms with Gasteiger partial charge in [0.25, 0.3) is 0 Å². The predicted molar refractivity (Wildman–Crippen MR) is 132 cm³/mol. The van der Waals surface area contributed by atoms with Gasteiger partial charge < -0.3 is 10.1 Å². The Morgan fingerprint density at radius 1 is 1.27 bits per heavy atom. The molecule has 0 saturated heterocycles. The van der Waals surface area contributed by atoms with Gasteiger partial charge in [0.15, 0.2) is 5.78 Å². The standard InChI is InChI=1S/C26H33N3O3S/c1-6-16(3)21(10-11-23(31)17(4)15-27)29-26(32)20(12-18(5)30)14-25-28-22-9-8-19(7-2)13-24(22)33-25/h8-9,13,16,20-21H,4,6-7,10-12,14H2,1-3,5H3,(H,29,32)/t16-,20-,21+/m0/s1. The number of Topliss-reactive ketones (excluding diaryl/α,β-unsaturated/α-hetero) is 2. The minimum absolute atomic E-state index is 0.0508. The molecule has 1 aromatic carbocycles. The Morgan fingerprint density at radius 2 is 2.00 bits per heavy atom. The van der Waals surface area contributed by atoms with Crippen LogP contribution in [0.4, 0.5) is 0 Å². The lowest BCUT2D eigenvalue weighted by Crippen LogP contribution is -2.43. The molecule has 2 rings (SSSR count). The van der Waals surface area contributed by atoms with Crippen molar-refractivity contribution in [2.75, 3.05) is 0 Å². The topological polar surface area (TPSA) is 99.9 Å². The molecule has 3 atom stereocenters. The van der Waals surface area contributed by atoms with E-state index in [9.17, 15) is 14.4 Å². The molecule has 176 valence electrons. The van der Waals surface area contributed by atoms with E-state index in [-0.39, 0.29) is 47.8 Å². The van der Waals surface area contributed by atoms with Crippen molar-refractivity contribution in [2.45, 2.75) is 72.3 Å². The number of fused-ring (bicyclic) bond motifs is 1. The van der Waals surface area contributed by atoms with Crippen molar-refractivity contribution in [1.29, 1.82) is 5.26 Å². The Morgan fingerprint density at radius 3 is 2.61 bits per heavy atom. The number of ketones is 2. The molecule has 0 saturated carbocycles. The van der Waals surface area contributed by atoms with Gasteiger partial charge in [0, 0.05) is 25.3 Å². The molecule has 2 aromatic rings. The maximum absolute atomic E-state index is 13.2. The predicted octanol–water partition coefficient (Wildman–Crippen LogP) is 4.96. The fourth-order valence-electron chi connectivity index (χ4n) is 3.72. The third-order valence-electron chi connectivity index (χ3n) is 6.04. The zero-order valence-corrected chi connectivity index (χ0v) is 20.8. The Labute approximate surface area is 200 Å². The van der Waals surface area contributed by atoms with Gasteiger partial charge in [0.2, 0.25) is 5.91 Å². The Hall–Kier alpha value is -2.85. The zero-order chi connectivity index (χ0) is 24.5. The van der Waals surface area contributed by atoms with Crippen molar-refractivity contribution in [1.82, 2.24) is 10.3 Å². The summed E-state index contributed by atoms with van der Waals surface area (Å²) in [5.41, 5.74) is 2.07. The number of aromatic nitrogens is 1. The van der Waals surface area contributed by atoms with Gasteiger partial charge in [-0.15, -0.1) is 11.3 Å². The highest BCUT2D eigenvalue weighted by molar-refractivity contribution is 7.18. The van der Waals surface area contributed by atoms with Crippen molar-refractivity contribution < 1.29 is 14.4 Å². The minimum atomic E-state index is -0.523. The second-order valence-electron chi connectivity index (χ2n) is 8.62. The summed E-state index contributed by atoms with van der Waals surface area (Å²) in [6, 6.07) is 7.74. The first-order valence-electron chi connectivity index (χ1n) is 11.5. The van der Waals surface area contributed by atoms with E-state index in [1.165, 1.54) is 12.5 Å². The molecule has 1 N–H and O–H groups in total. The summed E-state index contributed by atoms with van der Waals surface area (Å²) in [6.45, 7) is 11.1. The summed E-state index contributed by atoms with van der Waals surface area (Å²) in [4.78, 5) is 41.9. The first-order chi connectivity index (χ1) is 15.7. The van der Waals surface area contributed by atoms with Crippen molar-refractivity contribution in [3.05, 3.63) is 40.9 Å². The number of rotatable bonds is 13. The van der Waals surface area contributed by atoms with Gasteiger partial charge in [-0.1, -0.05) is 39.8 Å². The van der Waals surface area contributed by atoms with E-state index in [4.69, 9.17) is 5.26 Å². The Kier molecular flexibility index (Phi) is 9.93. The third-order valence-corrected chi connectivity index (χ3v) is 7.08. The van der Waals surface area contributed by atoms with Crippen LogP contribution >= 0.6 is 11.3 Å². The molecule has 0 unspecified atom stereocenters. The number of amides is 1. The number of aryl methyl sites for hydroxylation is 1. The van der Waals surface area contributed by atoms with E-state index in [2.05, 4.69) is 35.9 Å². The minimum Gasteiger partial charge on any atom is -0.353 e. The molecular formula is C26H33N3O3S. The monoisotopic (exact) mass is 467 g/mol. The van der Waals surface area contributed by atoms with Gasteiger partial charge in [0.05, 0.1) is 26.7 Å². The van der Waals surface area contributed by atoms with Crippen LogP contribution in [0.2, 0.25) is 0 Å². The molecule has 6 nitrogen and oxygen atoms in total. The first kappa shape index (κ1) is 26.4. The average Bonchev–Trinajstić information content (AvgIpc) is 3.20. The van der Waals surface area contributed by atoms with Crippen LogP contribution in [0.3, 0.4) is 0 Å². The van der Waals surface area contributed by atoms with E-state index in [0.29, 0.717) is 12.8 Å². The van der Waals surface area contributed by atoms with E-state index in [1.807, 2.05) is 19.9 Å². The molecule has 0 bridgehead atoms. The fourth-order valence-corrected chi connectivity index (χ4v) is 4.83. The number of nitrogens with zero attached hydrogens (tertiary/aromatic N) is 2. The van der Waals surface area contributed by atoms with Crippen LogP contribution in [0.25, 0.3) is 10.2 Å². The lowest BCUT2D eigenvalue weighted by Gasteiger charge is -2.26. The van der Waals surface area contributed by atoms with Gasteiger partial charge in [-0.2, -0.15) is 5.26 Å². The SMILES string of the molecule is C=C(C#N)C(=O)CC[C@@H](NC(=O)[C@@H](CC(C)=O)Cc1nc2ccc(CC)cc2s1)[C@@H](C)CC. The van der Waals surface area contributed by atoms with Crippen molar-refractivity contribution in [2.24, 2.45) is 11.8 Å². The molecular weight excluding hydrogens is 434 g/mol. The van der Waals surface area contributed by atoms with Crippen LogP contribution in [-0.2, 0) is 27.2 Å². The molecule has 7 heteroatoms. The molecule has 0 aliphatic carbocycles. The molecule has 1 aromatic heterocycles. The number of hydrogen-bond donors (Lipinski definition) is 1. The average molecular weight is 468 g/mol. The molecule has 0 aliphatic rings. The van der Waals surface area contributed by atoms with Crippen LogP contribution in [0.5, 0.6) is 0 Å². The first-order valence-corrected chi connectivity index (χ1v) is 12.3. The second kappa shape index (κ2) is 12.4. The highest BCUT2D eigenvalue weighted by atomic mass is 32.1. The molecule has 0 aliphatic heterocycles. The molecule has 33 heavy (non-hydrogen) atoms. The molecule has 0 spiro atoms. The van der Waals surface area contributed by atoms with Gasteiger partial charge in [-0.25, -0.2) is 4.98 Å². The van der Waals surface area contributed by atoms with E-state index < -0.39 is 5.92 Å². The second-order valence-corrected chi connectivity index (χ2v) is 9.74. The molecule has 1 amide bonds. The maximum atomic E-state index is 13.2. The summed E-state index contributed by atoms with van der Waals surface area (Å²) in [7, 11) is 0. The fraction of sp³-hybridized carbons (Fsp3) is 0.500. The van der Waals surface area contributed by atoms with E-state index in [1.54, 1.807) is 17.4 Å². The highest BCUT2D eigenvalue weighted by Gasteiger charge is 2.27. The van der Waals surface area contributed by atoms with Gasteiger partial charge >= 0.3 is 0 Å². The Balaban J connectivity index is 2.16. The number of benzene rings is 1. The van der Waals surface area contributed by atoms with Gasteiger partial charge in [-0.3, -0.25) is 9.59 Å². The molecule has 0 radical (unpaired) electrons. The number of hydrogen-bond acceptors (Lipinski definition) is 6. The van der Waals surface area contributed by atoms with Gasteiger partial charge in [-0.05, 0) is 43.4 Å². The van der Waals surface area contributed by atoms with Crippen LogP contribution < -0.4 is 5.32 Å². The number of carbonyl (C=O) groups is 3. The van der Waals surface area contributed by atoms with Crippen molar-refractivity contribution >= 4 is 39.0 Å². The highest BCUT2D eigenvalue weighted by Crippen LogP contribution is 2.27. The Bertz CT molecular complexity index is 1070. The van der Waals surface area contributed by atoms with Crippen LogP contribution in [0.15, 0.2) is 30.4 Å². The lowest BCUT2D eigenvalue weighted by atomic mass is 9.91. The zero-order valence-electron chi connectivity index (χ0n) is 19.9. The van der Waals surface area contributed by atoms with Crippen LogP contribution in [-0.4, -0.2) is 28.5 Å². The number of allylic oxidation sites excluding steroid dienone is 1. The quantitative estimate of drug-likeness (QED) is 0.332. The molecule has 1 heterocycles. The summed E-state index contributed by atoms with van der Waals surface area (Å²) < 4.78 is 1.08. The third kappa shape index (κ3) is 7.61. The maximum Gasteiger partial charge on any atom is 0.224 e. The summed E-state index contributed by atoms with van der Waals surface area (Å²) in [5.74, 6) is -0.933. The smallest absolute Gasteiger partial charge is 0.224 e. The van der Waals surface area contributed by atoms with Gasteiger partial charge in [0.1, 0.15) is 11.9 Å². The summed E-state index contributed by atoms with van der Waals surface area (Å²) in [5, 5.41) is 12.8. The molecule has 0 fully saturated rings. The number of nitriles is 1. The number of thiazole rings is 1. The van der Waals surface area contributed by atoms with Crippen molar-refractivity contribution in [3.63, 3.8) is 0 Å². The number of nitrogens with one attached hydrogen (secondary N) is 1. The largest absolute Gasteiger partial charge is 0.353 e. The number of carbonyl (C=O) groups excluding carboxylic acids is 3. The van der Waals surface area contributed by atoms with Crippen LogP contribution in [0.1, 0.15) is 63.9 Å². The van der Waals surface area contributed by atoms with Crippen LogP contribution in [0, 0.1) is 23.2 Å². The van der Waals surface area contributed by atoms with E-state index in [0.717, 1.165) is 28.1 Å². The van der Waals surface area contributed by atoms with Crippen molar-refractivity contribution in [3.8, 4) is 6.07 Å².